The van der Waals surface area contributed by atoms with E-state index in [0.29, 0.717) is 12.5 Å². The molecule has 0 unspecified atom stereocenters. The smallest absolute Gasteiger partial charge is 0.237 e. The quantitative estimate of drug-likeness (QED) is 0.864. The van der Waals surface area contributed by atoms with Crippen LogP contribution in [0.4, 0.5) is 0 Å². The van der Waals surface area contributed by atoms with Crippen LogP contribution in [0.25, 0.3) is 0 Å². The van der Waals surface area contributed by atoms with Crippen molar-refractivity contribution >= 4 is 5.91 Å². The molecule has 3 heterocycles. The molecule has 2 aliphatic heterocycles. The maximum absolute atomic E-state index is 12.4. The van der Waals surface area contributed by atoms with Crippen molar-refractivity contribution in [2.75, 3.05) is 26.2 Å². The highest BCUT2D eigenvalue weighted by molar-refractivity contribution is 5.81. The highest BCUT2D eigenvalue weighted by Crippen LogP contribution is 2.27. The van der Waals surface area contributed by atoms with E-state index < -0.39 is 0 Å². The van der Waals surface area contributed by atoms with Crippen molar-refractivity contribution in [1.29, 1.82) is 0 Å². The molecule has 0 spiro atoms. The number of piperidine rings is 1. The molecule has 2 aliphatic rings. The third-order valence-corrected chi connectivity index (χ3v) is 5.05. The third-order valence-electron chi connectivity index (χ3n) is 5.05. The molecule has 1 aromatic rings. The average Bonchev–Trinajstić information content (AvgIpc) is 3.23. The van der Waals surface area contributed by atoms with E-state index in [-0.39, 0.29) is 18.1 Å². The van der Waals surface area contributed by atoms with Crippen LogP contribution in [0.2, 0.25) is 0 Å². The van der Waals surface area contributed by atoms with Gasteiger partial charge in [0.1, 0.15) is 0 Å². The molecule has 6 heteroatoms. The number of carbonyl (C=O) groups is 1. The van der Waals surface area contributed by atoms with Gasteiger partial charge in [-0.1, -0.05) is 0 Å². The topological polar surface area (TPSA) is 70.2 Å². The van der Waals surface area contributed by atoms with Crippen molar-refractivity contribution in [1.82, 2.24) is 20.4 Å². The molecule has 128 valence electrons. The van der Waals surface area contributed by atoms with Gasteiger partial charge >= 0.3 is 0 Å². The Balaban J connectivity index is 1.51. The van der Waals surface area contributed by atoms with E-state index >= 15 is 0 Å². The van der Waals surface area contributed by atoms with Crippen molar-refractivity contribution in [3.8, 4) is 0 Å². The second-order valence-corrected chi connectivity index (χ2v) is 6.87. The van der Waals surface area contributed by atoms with Crippen LogP contribution in [0, 0.1) is 6.92 Å². The zero-order chi connectivity index (χ0) is 16.2. The Morgan fingerprint density at radius 3 is 3.09 bits per heavy atom. The summed E-state index contributed by atoms with van der Waals surface area (Å²) in [6.07, 6.45) is 4.61. The van der Waals surface area contributed by atoms with Gasteiger partial charge in [0.2, 0.25) is 5.91 Å². The van der Waals surface area contributed by atoms with E-state index in [9.17, 15) is 4.79 Å². The summed E-state index contributed by atoms with van der Waals surface area (Å²) in [6, 6.07) is 2.02. The second kappa shape index (κ2) is 7.45. The summed E-state index contributed by atoms with van der Waals surface area (Å²) in [6.45, 7) is 7.38. The largest absolute Gasteiger partial charge is 0.376 e. The Bertz CT molecular complexity index is 524. The van der Waals surface area contributed by atoms with Crippen molar-refractivity contribution in [3.63, 3.8) is 0 Å². The predicted molar refractivity (Wildman–Crippen MR) is 88.3 cm³/mol. The minimum Gasteiger partial charge on any atom is -0.376 e. The average molecular weight is 320 g/mol. The van der Waals surface area contributed by atoms with Gasteiger partial charge in [-0.25, -0.2) is 0 Å². The van der Waals surface area contributed by atoms with Crippen LogP contribution in [0.1, 0.15) is 49.9 Å². The van der Waals surface area contributed by atoms with Crippen LogP contribution in [0.5, 0.6) is 0 Å². The molecule has 2 fully saturated rings. The summed E-state index contributed by atoms with van der Waals surface area (Å²) in [5, 5.41) is 10.5. The maximum atomic E-state index is 12.4. The molecule has 6 nitrogen and oxygen atoms in total. The second-order valence-electron chi connectivity index (χ2n) is 6.87. The number of hydrogen-bond acceptors (Lipinski definition) is 4. The monoisotopic (exact) mass is 320 g/mol. The number of aromatic amines is 1. The minimum atomic E-state index is -0.0979. The van der Waals surface area contributed by atoms with Crippen molar-refractivity contribution < 1.29 is 9.53 Å². The van der Waals surface area contributed by atoms with Gasteiger partial charge in [0.05, 0.1) is 17.8 Å². The van der Waals surface area contributed by atoms with Crippen molar-refractivity contribution in [2.24, 2.45) is 0 Å². The van der Waals surface area contributed by atoms with Crippen LogP contribution in [0.3, 0.4) is 0 Å². The van der Waals surface area contributed by atoms with Gasteiger partial charge in [0.15, 0.2) is 0 Å². The Morgan fingerprint density at radius 1 is 1.52 bits per heavy atom. The molecule has 1 amide bonds. The number of carbonyl (C=O) groups excluding carboxylic acids is 1. The van der Waals surface area contributed by atoms with E-state index in [1.54, 1.807) is 0 Å². The molecule has 0 radical (unpaired) electrons. The van der Waals surface area contributed by atoms with Crippen LogP contribution in [-0.2, 0) is 9.53 Å². The Hall–Kier alpha value is -1.40. The number of hydrogen-bond donors (Lipinski definition) is 2. The number of aryl methyl sites for hydroxylation is 1. The molecule has 1 aromatic heterocycles. The first-order valence-corrected chi connectivity index (χ1v) is 8.78. The number of likely N-dealkylation sites (tertiary alicyclic amines) is 1. The Labute approximate surface area is 138 Å². The van der Waals surface area contributed by atoms with Crippen LogP contribution in [0.15, 0.2) is 6.07 Å². The molecule has 0 saturated carbocycles. The summed E-state index contributed by atoms with van der Waals surface area (Å²) < 4.78 is 5.57. The van der Waals surface area contributed by atoms with E-state index in [2.05, 4.69) is 26.5 Å². The summed E-state index contributed by atoms with van der Waals surface area (Å²) in [5.41, 5.74) is 2.22. The molecule has 3 rings (SSSR count). The van der Waals surface area contributed by atoms with E-state index in [1.165, 1.54) is 0 Å². The molecular formula is C17H28N4O2. The SMILES string of the molecule is Cc1cc([C@@H]2CCCN([C@@H](C)C(=O)NC[C@H]3CCCO3)C2)n[nH]1. The number of ether oxygens (including phenoxy) is 1. The minimum absolute atomic E-state index is 0.0979. The zero-order valence-electron chi connectivity index (χ0n) is 14.2. The number of H-pyrrole nitrogens is 1. The first-order chi connectivity index (χ1) is 11.1. The van der Waals surface area contributed by atoms with Gasteiger partial charge < -0.3 is 10.1 Å². The molecular weight excluding hydrogens is 292 g/mol. The highest BCUT2D eigenvalue weighted by atomic mass is 16.5. The van der Waals surface area contributed by atoms with E-state index in [1.807, 2.05) is 13.8 Å². The summed E-state index contributed by atoms with van der Waals surface area (Å²) in [5.74, 6) is 0.529. The zero-order valence-corrected chi connectivity index (χ0v) is 14.2. The number of nitrogens with zero attached hydrogens (tertiary/aromatic N) is 2. The van der Waals surface area contributed by atoms with Gasteiger partial charge in [0.25, 0.3) is 0 Å². The highest BCUT2D eigenvalue weighted by Gasteiger charge is 2.29. The lowest BCUT2D eigenvalue weighted by Gasteiger charge is -2.35. The van der Waals surface area contributed by atoms with Crippen LogP contribution < -0.4 is 5.32 Å². The van der Waals surface area contributed by atoms with E-state index in [4.69, 9.17) is 4.74 Å². The lowest BCUT2D eigenvalue weighted by molar-refractivity contribution is -0.126. The lowest BCUT2D eigenvalue weighted by atomic mass is 9.93. The van der Waals surface area contributed by atoms with Gasteiger partial charge in [-0.3, -0.25) is 14.8 Å². The molecule has 2 N–H and O–H groups in total. The number of nitrogens with one attached hydrogen (secondary N) is 2. The van der Waals surface area contributed by atoms with Gasteiger partial charge in [-0.05, 0) is 52.1 Å². The van der Waals surface area contributed by atoms with E-state index in [0.717, 1.165) is 56.8 Å². The van der Waals surface area contributed by atoms with Crippen molar-refractivity contribution in [3.05, 3.63) is 17.5 Å². The van der Waals surface area contributed by atoms with Crippen LogP contribution >= 0.6 is 0 Å². The molecule has 0 aliphatic carbocycles. The third kappa shape index (κ3) is 4.12. The standard InChI is InChI=1S/C17H28N4O2/c1-12-9-16(20-19-12)14-5-3-7-21(11-14)13(2)17(22)18-10-15-6-4-8-23-15/h9,13-15H,3-8,10-11H2,1-2H3,(H,18,22)(H,19,20)/t13-,14+,15+/m0/s1. The lowest BCUT2D eigenvalue weighted by Crippen LogP contribution is -2.49. The Morgan fingerprint density at radius 2 is 2.39 bits per heavy atom. The fraction of sp³-hybridized carbons (Fsp3) is 0.765. The fourth-order valence-corrected chi connectivity index (χ4v) is 3.58. The first kappa shape index (κ1) is 16.5. The Kier molecular flexibility index (Phi) is 5.33. The summed E-state index contributed by atoms with van der Waals surface area (Å²) >= 11 is 0. The number of rotatable bonds is 5. The van der Waals surface area contributed by atoms with Crippen LogP contribution in [-0.4, -0.2) is 59.4 Å². The normalized spacial score (nSPS) is 27.0. The van der Waals surface area contributed by atoms with Crippen molar-refractivity contribution in [2.45, 2.75) is 57.6 Å². The van der Waals surface area contributed by atoms with Gasteiger partial charge in [0, 0.05) is 31.3 Å². The first-order valence-electron chi connectivity index (χ1n) is 8.78. The molecule has 0 aromatic carbocycles. The number of amides is 1. The summed E-state index contributed by atoms with van der Waals surface area (Å²) in [4.78, 5) is 14.7. The van der Waals surface area contributed by atoms with Gasteiger partial charge in [-0.15, -0.1) is 0 Å². The molecule has 23 heavy (non-hydrogen) atoms. The molecule has 0 bridgehead atoms. The molecule has 2 saturated heterocycles. The molecule has 3 atom stereocenters. The van der Waals surface area contributed by atoms with Gasteiger partial charge in [-0.2, -0.15) is 5.10 Å². The summed E-state index contributed by atoms with van der Waals surface area (Å²) in [7, 11) is 0. The maximum Gasteiger partial charge on any atom is 0.237 e. The fourth-order valence-electron chi connectivity index (χ4n) is 3.58. The predicted octanol–water partition coefficient (Wildman–Crippen LogP) is 1.58. The number of aromatic nitrogens is 2.